The van der Waals surface area contributed by atoms with E-state index >= 15 is 0 Å². The molecule has 4 rings (SSSR count). The molecule has 26 heavy (non-hydrogen) atoms. The predicted molar refractivity (Wildman–Crippen MR) is 107 cm³/mol. The summed E-state index contributed by atoms with van der Waals surface area (Å²) >= 11 is 1.86. The summed E-state index contributed by atoms with van der Waals surface area (Å²) in [6.45, 7) is 1.04. The third-order valence-corrected chi connectivity index (χ3v) is 6.39. The molecule has 3 heteroatoms. The van der Waals surface area contributed by atoms with Crippen molar-refractivity contribution in [1.29, 1.82) is 0 Å². The second-order valence-corrected chi connectivity index (χ2v) is 8.15. The van der Waals surface area contributed by atoms with Crippen LogP contribution in [0.5, 0.6) is 0 Å². The summed E-state index contributed by atoms with van der Waals surface area (Å²) < 4.78 is 13.2. The van der Waals surface area contributed by atoms with E-state index in [1.54, 1.807) is 12.1 Å². The van der Waals surface area contributed by atoms with Gasteiger partial charge in [0.1, 0.15) is 5.82 Å². The van der Waals surface area contributed by atoms with Crippen LogP contribution in [0.25, 0.3) is 0 Å². The Morgan fingerprint density at radius 1 is 0.846 bits per heavy atom. The first kappa shape index (κ1) is 17.3. The normalized spacial score (nSPS) is 20.1. The average Bonchev–Trinajstić information content (AvgIpc) is 2.68. The Labute approximate surface area is 158 Å². The molecule has 132 valence electrons. The molecule has 2 atom stereocenters. The van der Waals surface area contributed by atoms with Crippen molar-refractivity contribution < 1.29 is 4.39 Å². The van der Waals surface area contributed by atoms with Gasteiger partial charge in [-0.3, -0.25) is 0 Å². The summed E-state index contributed by atoms with van der Waals surface area (Å²) in [7, 11) is 2.20. The summed E-state index contributed by atoms with van der Waals surface area (Å²) in [4.78, 5) is 3.57. The molecule has 0 bridgehead atoms. The molecule has 1 aliphatic heterocycles. The van der Waals surface area contributed by atoms with Gasteiger partial charge in [0.25, 0.3) is 0 Å². The highest BCUT2D eigenvalue weighted by molar-refractivity contribution is 8.00. The molecule has 1 saturated heterocycles. The molecule has 3 aromatic carbocycles. The number of rotatable bonds is 5. The number of benzene rings is 3. The van der Waals surface area contributed by atoms with E-state index in [4.69, 9.17) is 0 Å². The number of nitrogens with zero attached hydrogens (tertiary/aromatic N) is 1. The highest BCUT2D eigenvalue weighted by Gasteiger charge is 2.43. The minimum Gasteiger partial charge on any atom is -0.300 e. The van der Waals surface area contributed by atoms with Crippen LogP contribution in [0.1, 0.15) is 17.0 Å². The van der Waals surface area contributed by atoms with Crippen LogP contribution in [-0.2, 0) is 0 Å². The molecule has 1 nitrogen and oxygen atoms in total. The van der Waals surface area contributed by atoms with Crippen molar-refractivity contribution in [1.82, 2.24) is 4.90 Å². The van der Waals surface area contributed by atoms with Crippen molar-refractivity contribution in [3.05, 3.63) is 102 Å². The molecule has 1 unspecified atom stereocenters. The number of hydrogen-bond acceptors (Lipinski definition) is 2. The van der Waals surface area contributed by atoms with E-state index in [9.17, 15) is 4.39 Å². The van der Waals surface area contributed by atoms with E-state index in [2.05, 4.69) is 72.6 Å². The van der Waals surface area contributed by atoms with E-state index in [-0.39, 0.29) is 5.82 Å². The topological polar surface area (TPSA) is 3.24 Å². The van der Waals surface area contributed by atoms with Crippen LogP contribution in [0.4, 0.5) is 4.39 Å². The van der Waals surface area contributed by atoms with Crippen molar-refractivity contribution in [3.63, 3.8) is 0 Å². The monoisotopic (exact) mass is 363 g/mol. The highest BCUT2D eigenvalue weighted by Crippen LogP contribution is 2.43. The van der Waals surface area contributed by atoms with Crippen molar-refractivity contribution in [2.45, 2.75) is 22.1 Å². The molecule has 0 spiro atoms. The quantitative estimate of drug-likeness (QED) is 0.594. The van der Waals surface area contributed by atoms with Gasteiger partial charge in [-0.15, -0.1) is 11.8 Å². The van der Waals surface area contributed by atoms with E-state index < -0.39 is 0 Å². The molecule has 0 aliphatic carbocycles. The van der Waals surface area contributed by atoms with Gasteiger partial charge in [-0.2, -0.15) is 0 Å². The van der Waals surface area contributed by atoms with E-state index in [1.165, 1.54) is 11.1 Å². The van der Waals surface area contributed by atoms with Gasteiger partial charge < -0.3 is 4.90 Å². The van der Waals surface area contributed by atoms with Gasteiger partial charge in [-0.25, -0.2) is 4.39 Å². The molecular formula is C23H22FNS. The molecule has 0 aromatic heterocycles. The Balaban J connectivity index is 1.64. The largest absolute Gasteiger partial charge is 0.300 e. The number of halogens is 1. The third-order valence-electron chi connectivity index (χ3n) is 5.12. The first-order chi connectivity index (χ1) is 12.7. The fourth-order valence-electron chi connectivity index (χ4n) is 3.83. The number of likely N-dealkylation sites (N-methyl/N-ethyl adjacent to an activating group) is 1. The highest BCUT2D eigenvalue weighted by atomic mass is 32.2. The molecule has 3 aromatic rings. The van der Waals surface area contributed by atoms with Crippen molar-refractivity contribution in [3.8, 4) is 0 Å². The summed E-state index contributed by atoms with van der Waals surface area (Å²) in [5.74, 6) is 0.150. The van der Waals surface area contributed by atoms with Gasteiger partial charge in [-0.1, -0.05) is 60.7 Å². The zero-order chi connectivity index (χ0) is 17.9. The lowest BCUT2D eigenvalue weighted by Crippen LogP contribution is -2.59. The molecular weight excluding hydrogens is 341 g/mol. The van der Waals surface area contributed by atoms with Gasteiger partial charge in [0.15, 0.2) is 0 Å². The second kappa shape index (κ2) is 7.65. The van der Waals surface area contributed by atoms with Crippen LogP contribution >= 0.6 is 11.8 Å². The van der Waals surface area contributed by atoms with Gasteiger partial charge in [0, 0.05) is 28.6 Å². The standard InChI is InChI=1S/C23H22FNS/c1-25-16-21(26-20-14-12-19(24)13-15-20)23(25)22(17-8-4-2-5-9-17)18-10-6-3-7-11-18/h2-15,21-23H,16H2,1H3/t21-,23?/m1/s1. The minimum atomic E-state index is -0.178. The summed E-state index contributed by atoms with van der Waals surface area (Å²) in [5.41, 5.74) is 2.69. The van der Waals surface area contributed by atoms with E-state index in [0.29, 0.717) is 17.2 Å². The Bertz CT molecular complexity index is 796. The van der Waals surface area contributed by atoms with Gasteiger partial charge in [0.2, 0.25) is 0 Å². The Kier molecular flexibility index (Phi) is 5.09. The average molecular weight is 364 g/mol. The zero-order valence-corrected chi connectivity index (χ0v) is 15.6. The minimum absolute atomic E-state index is 0.178. The SMILES string of the molecule is CN1C[C@@H](Sc2ccc(F)cc2)C1C(c1ccccc1)c1ccccc1. The molecule has 0 amide bonds. The van der Waals surface area contributed by atoms with Crippen LogP contribution in [0, 0.1) is 5.82 Å². The fraction of sp³-hybridized carbons (Fsp3) is 0.217. The molecule has 0 N–H and O–H groups in total. The molecule has 1 aliphatic rings. The number of thioether (sulfide) groups is 1. The molecule has 1 fully saturated rings. The van der Waals surface area contributed by atoms with Gasteiger partial charge in [-0.05, 0) is 42.4 Å². The maximum absolute atomic E-state index is 13.2. The lowest BCUT2D eigenvalue weighted by atomic mass is 9.79. The van der Waals surface area contributed by atoms with Crippen molar-refractivity contribution >= 4 is 11.8 Å². The number of likely N-dealkylation sites (tertiary alicyclic amines) is 1. The van der Waals surface area contributed by atoms with Crippen LogP contribution in [0.3, 0.4) is 0 Å². The Hall–Kier alpha value is -2.10. The first-order valence-electron chi connectivity index (χ1n) is 8.95. The smallest absolute Gasteiger partial charge is 0.123 e. The lowest BCUT2D eigenvalue weighted by molar-refractivity contribution is 0.122. The maximum atomic E-state index is 13.2. The van der Waals surface area contributed by atoms with E-state index in [1.807, 2.05) is 23.9 Å². The summed E-state index contributed by atoms with van der Waals surface area (Å²) in [6, 6.07) is 28.8. The van der Waals surface area contributed by atoms with Crippen LogP contribution in [0.15, 0.2) is 89.8 Å². The van der Waals surface area contributed by atoms with Gasteiger partial charge >= 0.3 is 0 Å². The Morgan fingerprint density at radius 2 is 1.38 bits per heavy atom. The summed E-state index contributed by atoms with van der Waals surface area (Å²) in [5, 5.41) is 0.482. The van der Waals surface area contributed by atoms with Crippen LogP contribution < -0.4 is 0 Å². The molecule has 0 radical (unpaired) electrons. The Morgan fingerprint density at radius 3 is 1.88 bits per heavy atom. The lowest BCUT2D eigenvalue weighted by Gasteiger charge is -2.50. The van der Waals surface area contributed by atoms with Gasteiger partial charge in [0.05, 0.1) is 0 Å². The van der Waals surface area contributed by atoms with Crippen LogP contribution in [0.2, 0.25) is 0 Å². The number of hydrogen-bond donors (Lipinski definition) is 0. The first-order valence-corrected chi connectivity index (χ1v) is 9.83. The van der Waals surface area contributed by atoms with Crippen molar-refractivity contribution in [2.24, 2.45) is 0 Å². The zero-order valence-electron chi connectivity index (χ0n) is 14.8. The van der Waals surface area contributed by atoms with Crippen LogP contribution in [-0.4, -0.2) is 29.8 Å². The fourth-order valence-corrected chi connectivity index (χ4v) is 5.29. The summed E-state index contributed by atoms with van der Waals surface area (Å²) in [6.07, 6.45) is 0. The second-order valence-electron chi connectivity index (χ2n) is 6.84. The third kappa shape index (κ3) is 3.55. The van der Waals surface area contributed by atoms with Crippen molar-refractivity contribution in [2.75, 3.05) is 13.6 Å². The van der Waals surface area contributed by atoms with E-state index in [0.717, 1.165) is 11.4 Å². The molecule has 0 saturated carbocycles. The predicted octanol–water partition coefficient (Wildman–Crippen LogP) is 5.43. The molecule has 1 heterocycles. The maximum Gasteiger partial charge on any atom is 0.123 e.